The normalized spacial score (nSPS) is 28.3. The molecule has 3 rings (SSSR count). The lowest BCUT2D eigenvalue weighted by Crippen LogP contribution is -2.18. The molecule has 8 heteroatoms. The van der Waals surface area contributed by atoms with E-state index in [0.29, 0.717) is 9.16 Å². The van der Waals surface area contributed by atoms with Crippen LogP contribution in [0.15, 0.2) is 44.9 Å². The van der Waals surface area contributed by atoms with E-state index in [9.17, 15) is 9.59 Å². The van der Waals surface area contributed by atoms with Gasteiger partial charge in [-0.2, -0.15) is 0 Å². The number of rotatable bonds is 10. The van der Waals surface area contributed by atoms with Crippen LogP contribution in [0, 0.1) is 11.8 Å². The summed E-state index contributed by atoms with van der Waals surface area (Å²) < 4.78 is 1.24. The third-order valence-corrected chi connectivity index (χ3v) is 14.0. The highest BCUT2D eigenvalue weighted by atomic mass is 32.2. The predicted octanol–water partition coefficient (Wildman–Crippen LogP) is 8.54. The second kappa shape index (κ2) is 13.5. The van der Waals surface area contributed by atoms with Gasteiger partial charge in [0.25, 0.3) is 0 Å². The summed E-state index contributed by atoms with van der Waals surface area (Å²) in [5.74, 6) is 3.27. The van der Waals surface area contributed by atoms with Crippen LogP contribution in [-0.2, 0) is 9.59 Å². The Morgan fingerprint density at radius 3 is 1.50 bits per heavy atom. The smallest absolute Gasteiger partial charge is 0.211 e. The van der Waals surface area contributed by atoms with Gasteiger partial charge in [-0.3, -0.25) is 9.59 Å². The number of allylic oxidation sites excluding steroid dienone is 2. The molecule has 0 aromatic heterocycles. The molecule has 2 heterocycles. The van der Waals surface area contributed by atoms with Gasteiger partial charge in [0.15, 0.2) is 0 Å². The van der Waals surface area contributed by atoms with Crippen LogP contribution in [0.4, 0.5) is 0 Å². The van der Waals surface area contributed by atoms with Gasteiger partial charge in [-0.05, 0) is 60.5 Å². The first-order chi connectivity index (χ1) is 15.4. The van der Waals surface area contributed by atoms with Crippen molar-refractivity contribution in [3.8, 4) is 0 Å². The first-order valence-corrected chi connectivity index (χ1v) is 16.5. The van der Waals surface area contributed by atoms with E-state index >= 15 is 0 Å². The Morgan fingerprint density at radius 2 is 1.16 bits per heavy atom. The molecule has 0 aromatic carbocycles. The minimum Gasteiger partial charge on any atom is -0.282 e. The molecule has 176 valence electrons. The Balaban J connectivity index is 1.34. The van der Waals surface area contributed by atoms with Gasteiger partial charge < -0.3 is 0 Å². The van der Waals surface area contributed by atoms with E-state index in [1.54, 1.807) is 0 Å². The highest BCUT2D eigenvalue weighted by molar-refractivity contribution is 8.25. The zero-order valence-corrected chi connectivity index (χ0v) is 23.7. The van der Waals surface area contributed by atoms with Crippen molar-refractivity contribution in [1.29, 1.82) is 0 Å². The summed E-state index contributed by atoms with van der Waals surface area (Å²) in [6, 6.07) is 0. The molecule has 0 aromatic rings. The second-order valence-electron chi connectivity index (χ2n) is 8.27. The van der Waals surface area contributed by atoms with Gasteiger partial charge in [-0.15, -0.1) is 47.0 Å². The molecule has 2 unspecified atom stereocenters. The third-order valence-electron chi connectivity index (χ3n) is 5.99. The van der Waals surface area contributed by atoms with E-state index in [1.165, 1.54) is 93.8 Å². The van der Waals surface area contributed by atoms with Gasteiger partial charge in [0.2, 0.25) is 10.2 Å². The second-order valence-corrected chi connectivity index (χ2v) is 16.3. The lowest BCUT2D eigenvalue weighted by Gasteiger charge is -2.31. The Morgan fingerprint density at radius 1 is 0.781 bits per heavy atom. The zero-order chi connectivity index (χ0) is 23.1. The molecule has 1 saturated carbocycles. The van der Waals surface area contributed by atoms with E-state index in [4.69, 9.17) is 0 Å². The van der Waals surface area contributed by atoms with Crippen LogP contribution in [0.3, 0.4) is 0 Å². The quantitative estimate of drug-likeness (QED) is 0.253. The van der Waals surface area contributed by atoms with Crippen molar-refractivity contribution in [1.82, 2.24) is 0 Å². The van der Waals surface area contributed by atoms with Crippen molar-refractivity contribution in [2.75, 3.05) is 11.5 Å². The van der Waals surface area contributed by atoms with Crippen molar-refractivity contribution in [2.24, 2.45) is 11.8 Å². The molecule has 2 aliphatic heterocycles. The summed E-state index contributed by atoms with van der Waals surface area (Å²) in [5.41, 5.74) is 0. The van der Waals surface area contributed by atoms with Crippen LogP contribution in [0.25, 0.3) is 0 Å². The number of hydrogen-bond donors (Lipinski definition) is 0. The third kappa shape index (κ3) is 8.26. The van der Waals surface area contributed by atoms with E-state index in [-0.39, 0.29) is 10.2 Å². The monoisotopic (exact) mass is 544 g/mol. The summed E-state index contributed by atoms with van der Waals surface area (Å²) in [5, 5.41) is 0.135. The van der Waals surface area contributed by atoms with E-state index in [1.807, 2.05) is 47.0 Å². The largest absolute Gasteiger partial charge is 0.282 e. The first kappa shape index (κ1) is 27.0. The van der Waals surface area contributed by atoms with Gasteiger partial charge >= 0.3 is 0 Å². The van der Waals surface area contributed by atoms with Crippen molar-refractivity contribution >= 4 is 80.8 Å². The Kier molecular flexibility index (Phi) is 11.4. The average molecular weight is 545 g/mol. The van der Waals surface area contributed by atoms with Gasteiger partial charge in [0.05, 0.1) is 9.16 Å². The molecule has 3 aliphatic rings. The lowest BCUT2D eigenvalue weighted by atomic mass is 9.80. The molecule has 0 bridgehead atoms. The standard InChI is InChI=1S/C24H32O2S6/c1-5-21(25)27-13-19-15(3)29-23(31-19)11-17-7-9-18(10-8-17)12-24-30-16(4)20(32-24)14-28-22(26)6-2/h5-6,17-18,23-24H,1-2,7-14H2,3-4H3. The molecule has 0 radical (unpaired) electrons. The van der Waals surface area contributed by atoms with Crippen molar-refractivity contribution in [3.63, 3.8) is 0 Å². The number of hydrogen-bond acceptors (Lipinski definition) is 8. The van der Waals surface area contributed by atoms with E-state index < -0.39 is 0 Å². The van der Waals surface area contributed by atoms with Gasteiger partial charge in [-0.1, -0.05) is 62.4 Å². The van der Waals surface area contributed by atoms with E-state index in [2.05, 4.69) is 27.0 Å². The molecule has 1 fully saturated rings. The summed E-state index contributed by atoms with van der Waals surface area (Å²) in [6.45, 7) is 11.5. The highest BCUT2D eigenvalue weighted by Crippen LogP contribution is 2.52. The molecule has 0 saturated heterocycles. The highest BCUT2D eigenvalue weighted by Gasteiger charge is 2.31. The Bertz CT molecular complexity index is 728. The fraction of sp³-hybridized carbons (Fsp3) is 0.583. The van der Waals surface area contributed by atoms with Gasteiger partial charge in [-0.25, -0.2) is 0 Å². The Hall–Kier alpha value is 0.400. The SMILES string of the molecule is C=CC(=O)SCC1=C(C)SC(CC2CCC(CC3SC(C)=C(CSC(=O)C=C)S3)CC2)S1. The predicted molar refractivity (Wildman–Crippen MR) is 153 cm³/mol. The molecule has 2 nitrogen and oxygen atoms in total. The molecule has 1 aliphatic carbocycles. The Labute approximate surface area is 218 Å². The fourth-order valence-corrected chi connectivity index (χ4v) is 12.6. The minimum absolute atomic E-state index is 0.0674. The maximum atomic E-state index is 11.5. The summed E-state index contributed by atoms with van der Waals surface area (Å²) in [6.07, 6.45) is 10.8. The maximum absolute atomic E-state index is 11.5. The number of carbonyl (C=O) groups excluding carboxylic acids is 2. The van der Waals surface area contributed by atoms with Crippen LogP contribution in [0.2, 0.25) is 0 Å². The maximum Gasteiger partial charge on any atom is 0.211 e. The van der Waals surface area contributed by atoms with Crippen LogP contribution >= 0.6 is 70.6 Å². The summed E-state index contributed by atoms with van der Waals surface area (Å²) in [7, 11) is 0. The fourth-order valence-electron chi connectivity index (χ4n) is 4.16. The average Bonchev–Trinajstić information content (AvgIpc) is 3.32. The molecule has 32 heavy (non-hydrogen) atoms. The molecule has 2 atom stereocenters. The van der Waals surface area contributed by atoms with E-state index in [0.717, 1.165) is 23.3 Å². The van der Waals surface area contributed by atoms with Crippen LogP contribution in [0.5, 0.6) is 0 Å². The van der Waals surface area contributed by atoms with Gasteiger partial charge in [0, 0.05) is 21.3 Å². The topological polar surface area (TPSA) is 34.1 Å². The van der Waals surface area contributed by atoms with Crippen molar-refractivity contribution < 1.29 is 9.59 Å². The van der Waals surface area contributed by atoms with Crippen LogP contribution in [0.1, 0.15) is 52.4 Å². The van der Waals surface area contributed by atoms with Crippen molar-refractivity contribution in [2.45, 2.75) is 61.5 Å². The van der Waals surface area contributed by atoms with Crippen molar-refractivity contribution in [3.05, 3.63) is 44.9 Å². The molecular weight excluding hydrogens is 513 g/mol. The van der Waals surface area contributed by atoms with Crippen LogP contribution in [-0.4, -0.2) is 30.9 Å². The lowest BCUT2D eigenvalue weighted by molar-refractivity contribution is -0.107. The molecule has 0 spiro atoms. The zero-order valence-electron chi connectivity index (χ0n) is 18.8. The summed E-state index contributed by atoms with van der Waals surface area (Å²) in [4.78, 5) is 28.6. The molecular formula is C24H32O2S6. The minimum atomic E-state index is 0.0674. The number of thioether (sulfide) groups is 6. The summed E-state index contributed by atoms with van der Waals surface area (Å²) >= 11 is 10.7. The molecule has 0 N–H and O–H groups in total. The molecule has 0 amide bonds. The van der Waals surface area contributed by atoms with Gasteiger partial charge in [0.1, 0.15) is 0 Å². The van der Waals surface area contributed by atoms with Crippen LogP contribution < -0.4 is 0 Å². The first-order valence-electron chi connectivity index (χ1n) is 11.0. The number of carbonyl (C=O) groups is 2.